The van der Waals surface area contributed by atoms with Gasteiger partial charge in [0.25, 0.3) is 5.91 Å². The number of methoxy groups -OCH3 is 1. The zero-order valence-electron chi connectivity index (χ0n) is 12.1. The summed E-state index contributed by atoms with van der Waals surface area (Å²) in [7, 11) is 1.36. The zero-order valence-corrected chi connectivity index (χ0v) is 12.1. The van der Waals surface area contributed by atoms with Crippen molar-refractivity contribution >= 4 is 17.6 Å². The van der Waals surface area contributed by atoms with Crippen molar-refractivity contribution in [2.75, 3.05) is 25.9 Å². The van der Waals surface area contributed by atoms with Crippen LogP contribution in [0, 0.1) is 5.41 Å². The molecular weight excluding hydrogens is 256 g/mol. The highest BCUT2D eigenvalue weighted by atomic mass is 16.5. The molecule has 1 aliphatic heterocycles. The minimum absolute atomic E-state index is 0.0736. The lowest BCUT2D eigenvalue weighted by Crippen LogP contribution is -2.46. The van der Waals surface area contributed by atoms with Crippen LogP contribution in [0.15, 0.2) is 18.2 Å². The van der Waals surface area contributed by atoms with Crippen molar-refractivity contribution in [3.63, 3.8) is 0 Å². The van der Waals surface area contributed by atoms with E-state index in [0.717, 1.165) is 12.0 Å². The lowest BCUT2D eigenvalue weighted by molar-refractivity contribution is -0.151. The van der Waals surface area contributed by atoms with Gasteiger partial charge in [-0.1, -0.05) is 6.07 Å². The van der Waals surface area contributed by atoms with Gasteiger partial charge in [0.15, 0.2) is 0 Å². The fourth-order valence-corrected chi connectivity index (χ4v) is 2.51. The van der Waals surface area contributed by atoms with Crippen molar-refractivity contribution in [3.8, 4) is 0 Å². The number of anilines is 1. The normalized spacial score (nSPS) is 14.9. The van der Waals surface area contributed by atoms with E-state index in [1.165, 1.54) is 7.11 Å². The molecule has 108 valence electrons. The number of hydrogen-bond donors (Lipinski definition) is 1. The third kappa shape index (κ3) is 2.61. The number of ether oxygens (including phenoxy) is 1. The van der Waals surface area contributed by atoms with Gasteiger partial charge in [-0.05, 0) is 38.0 Å². The molecule has 2 rings (SSSR count). The van der Waals surface area contributed by atoms with Crippen LogP contribution in [0.3, 0.4) is 0 Å². The average molecular weight is 276 g/mol. The Morgan fingerprint density at radius 1 is 1.45 bits per heavy atom. The summed E-state index contributed by atoms with van der Waals surface area (Å²) in [5.41, 5.74) is 7.24. The molecule has 5 heteroatoms. The summed E-state index contributed by atoms with van der Waals surface area (Å²) in [5, 5.41) is 0. The number of hydrogen-bond acceptors (Lipinski definition) is 4. The molecule has 0 aromatic heterocycles. The number of carbonyl (C=O) groups is 2. The molecule has 0 radical (unpaired) electrons. The third-order valence-corrected chi connectivity index (χ3v) is 3.63. The number of fused-ring (bicyclic) bond motifs is 1. The first-order chi connectivity index (χ1) is 9.35. The maximum absolute atomic E-state index is 12.5. The SMILES string of the molecule is COC(=O)C(C)(C)CN1CCc2ccc(N)cc2C1=O. The van der Waals surface area contributed by atoms with Gasteiger partial charge in [0.2, 0.25) is 0 Å². The standard InChI is InChI=1S/C15H20N2O3/c1-15(2,14(19)20-3)9-17-7-6-10-4-5-11(16)8-12(10)13(17)18/h4-5,8H,6-7,9,16H2,1-3H3. The van der Waals surface area contributed by atoms with Gasteiger partial charge < -0.3 is 15.4 Å². The van der Waals surface area contributed by atoms with Gasteiger partial charge in [-0.3, -0.25) is 9.59 Å². The van der Waals surface area contributed by atoms with Gasteiger partial charge >= 0.3 is 5.97 Å². The predicted octanol–water partition coefficient (Wildman–Crippen LogP) is 1.47. The molecule has 2 N–H and O–H groups in total. The molecule has 0 saturated carbocycles. The highest BCUT2D eigenvalue weighted by Gasteiger charge is 2.35. The first-order valence-corrected chi connectivity index (χ1v) is 6.61. The number of nitrogens with two attached hydrogens (primary N) is 1. The van der Waals surface area contributed by atoms with Crippen molar-refractivity contribution in [2.45, 2.75) is 20.3 Å². The topological polar surface area (TPSA) is 72.6 Å². The second kappa shape index (κ2) is 5.15. The third-order valence-electron chi connectivity index (χ3n) is 3.63. The molecule has 0 fully saturated rings. The van der Waals surface area contributed by atoms with E-state index in [1.54, 1.807) is 30.9 Å². The van der Waals surface area contributed by atoms with E-state index < -0.39 is 5.41 Å². The summed E-state index contributed by atoms with van der Waals surface area (Å²) >= 11 is 0. The minimum Gasteiger partial charge on any atom is -0.469 e. The van der Waals surface area contributed by atoms with Crippen LogP contribution < -0.4 is 5.73 Å². The highest BCUT2D eigenvalue weighted by molar-refractivity contribution is 5.98. The highest BCUT2D eigenvalue weighted by Crippen LogP contribution is 2.25. The van der Waals surface area contributed by atoms with E-state index in [9.17, 15) is 9.59 Å². The predicted molar refractivity (Wildman–Crippen MR) is 76.3 cm³/mol. The van der Waals surface area contributed by atoms with Crippen molar-refractivity contribution in [3.05, 3.63) is 29.3 Å². The molecule has 20 heavy (non-hydrogen) atoms. The Balaban J connectivity index is 2.21. The second-order valence-corrected chi connectivity index (χ2v) is 5.77. The van der Waals surface area contributed by atoms with Crippen molar-refractivity contribution in [2.24, 2.45) is 5.41 Å². The lowest BCUT2D eigenvalue weighted by Gasteiger charge is -2.34. The van der Waals surface area contributed by atoms with Crippen LogP contribution in [0.25, 0.3) is 0 Å². The quantitative estimate of drug-likeness (QED) is 0.670. The zero-order chi connectivity index (χ0) is 14.9. The van der Waals surface area contributed by atoms with Crippen LogP contribution >= 0.6 is 0 Å². The first-order valence-electron chi connectivity index (χ1n) is 6.61. The van der Waals surface area contributed by atoms with Gasteiger partial charge in [-0.15, -0.1) is 0 Å². The second-order valence-electron chi connectivity index (χ2n) is 5.77. The van der Waals surface area contributed by atoms with E-state index in [-0.39, 0.29) is 11.9 Å². The molecular formula is C15H20N2O3. The molecule has 1 aliphatic rings. The molecule has 1 heterocycles. The Morgan fingerprint density at radius 2 is 2.15 bits per heavy atom. The Labute approximate surface area is 118 Å². The van der Waals surface area contributed by atoms with E-state index >= 15 is 0 Å². The van der Waals surface area contributed by atoms with E-state index in [1.807, 2.05) is 6.07 Å². The molecule has 1 aromatic rings. The maximum Gasteiger partial charge on any atom is 0.313 e. The summed E-state index contributed by atoms with van der Waals surface area (Å²) in [6, 6.07) is 5.40. The molecule has 0 unspecified atom stereocenters. The Morgan fingerprint density at radius 3 is 2.80 bits per heavy atom. The number of benzene rings is 1. The van der Waals surface area contributed by atoms with E-state index in [2.05, 4.69) is 0 Å². The van der Waals surface area contributed by atoms with E-state index in [0.29, 0.717) is 24.3 Å². The molecule has 5 nitrogen and oxygen atoms in total. The number of nitrogen functional groups attached to an aromatic ring is 1. The molecule has 0 atom stereocenters. The number of carbonyl (C=O) groups excluding carboxylic acids is 2. The molecule has 0 spiro atoms. The van der Waals surface area contributed by atoms with Gasteiger partial charge in [-0.2, -0.15) is 0 Å². The number of rotatable bonds is 3. The fourth-order valence-electron chi connectivity index (χ4n) is 2.51. The minimum atomic E-state index is -0.720. The van der Waals surface area contributed by atoms with Crippen LogP contribution in [0.1, 0.15) is 29.8 Å². The van der Waals surface area contributed by atoms with Crippen LogP contribution in [-0.4, -0.2) is 37.0 Å². The lowest BCUT2D eigenvalue weighted by atomic mass is 9.90. The molecule has 1 aromatic carbocycles. The summed E-state index contributed by atoms with van der Waals surface area (Å²) < 4.78 is 4.78. The van der Waals surface area contributed by atoms with Gasteiger partial charge in [-0.25, -0.2) is 0 Å². The number of amides is 1. The molecule has 0 saturated heterocycles. The van der Waals surface area contributed by atoms with Crippen LogP contribution in [0.5, 0.6) is 0 Å². The van der Waals surface area contributed by atoms with Crippen molar-refractivity contribution in [1.82, 2.24) is 4.90 Å². The maximum atomic E-state index is 12.5. The van der Waals surface area contributed by atoms with Gasteiger partial charge in [0, 0.05) is 24.3 Å². The Hall–Kier alpha value is -2.04. The van der Waals surface area contributed by atoms with E-state index in [4.69, 9.17) is 10.5 Å². The van der Waals surface area contributed by atoms with Crippen molar-refractivity contribution < 1.29 is 14.3 Å². The van der Waals surface area contributed by atoms with Gasteiger partial charge in [0.1, 0.15) is 0 Å². The number of esters is 1. The largest absolute Gasteiger partial charge is 0.469 e. The number of nitrogens with zero attached hydrogens (tertiary/aromatic N) is 1. The average Bonchev–Trinajstić information content (AvgIpc) is 2.41. The monoisotopic (exact) mass is 276 g/mol. The molecule has 0 aliphatic carbocycles. The van der Waals surface area contributed by atoms with Crippen LogP contribution in [0.4, 0.5) is 5.69 Å². The summed E-state index contributed by atoms with van der Waals surface area (Å²) in [5.74, 6) is -0.390. The fraction of sp³-hybridized carbons (Fsp3) is 0.467. The summed E-state index contributed by atoms with van der Waals surface area (Å²) in [6.45, 7) is 4.50. The van der Waals surface area contributed by atoms with Crippen molar-refractivity contribution in [1.29, 1.82) is 0 Å². The Bertz CT molecular complexity index is 552. The summed E-state index contributed by atoms with van der Waals surface area (Å²) in [4.78, 5) is 25.9. The van der Waals surface area contributed by atoms with Crippen LogP contribution in [0.2, 0.25) is 0 Å². The van der Waals surface area contributed by atoms with Crippen LogP contribution in [-0.2, 0) is 16.0 Å². The molecule has 0 bridgehead atoms. The van der Waals surface area contributed by atoms with Gasteiger partial charge in [0.05, 0.1) is 12.5 Å². The smallest absolute Gasteiger partial charge is 0.313 e. The molecule has 1 amide bonds. The first kappa shape index (κ1) is 14.4. The summed E-state index contributed by atoms with van der Waals surface area (Å²) in [6.07, 6.45) is 0.776. The Kier molecular flexibility index (Phi) is 3.70.